The van der Waals surface area contributed by atoms with Crippen LogP contribution in [0.2, 0.25) is 0 Å². The molecule has 3 heteroatoms. The number of pyridine rings is 1. The third kappa shape index (κ3) is 1.72. The Labute approximate surface area is 113 Å². The Hall–Kier alpha value is -1.61. The van der Waals surface area contributed by atoms with Crippen LogP contribution < -0.4 is 10.2 Å². The van der Waals surface area contributed by atoms with Gasteiger partial charge in [0, 0.05) is 42.4 Å². The fourth-order valence-corrected chi connectivity index (χ4v) is 3.67. The van der Waals surface area contributed by atoms with Gasteiger partial charge in [-0.3, -0.25) is 4.98 Å². The maximum Gasteiger partial charge on any atom is 0.0726 e. The van der Waals surface area contributed by atoms with E-state index in [-0.39, 0.29) is 0 Å². The number of aromatic nitrogens is 1. The lowest BCUT2D eigenvalue weighted by molar-refractivity contribution is 0.579. The minimum atomic E-state index is 0.671. The van der Waals surface area contributed by atoms with Crippen LogP contribution in [0.4, 0.5) is 5.69 Å². The second-order valence-corrected chi connectivity index (χ2v) is 5.77. The number of nitrogens with one attached hydrogen (secondary N) is 1. The summed E-state index contributed by atoms with van der Waals surface area (Å²) < 4.78 is 0. The average Bonchev–Trinajstić information content (AvgIpc) is 3.00. The van der Waals surface area contributed by atoms with Gasteiger partial charge in [0.25, 0.3) is 0 Å². The summed E-state index contributed by atoms with van der Waals surface area (Å²) in [5.74, 6) is 0.826. The fourth-order valence-electron chi connectivity index (χ4n) is 3.67. The monoisotopic (exact) mass is 253 g/mol. The highest BCUT2D eigenvalue weighted by atomic mass is 15.2. The summed E-state index contributed by atoms with van der Waals surface area (Å²) in [6.07, 6.45) is 1.31. The van der Waals surface area contributed by atoms with Crippen molar-refractivity contribution >= 4 is 16.6 Å². The molecule has 0 spiro atoms. The summed E-state index contributed by atoms with van der Waals surface area (Å²) in [4.78, 5) is 7.25. The molecule has 2 fully saturated rings. The number of rotatable bonds is 1. The van der Waals surface area contributed by atoms with E-state index in [0.717, 1.165) is 23.7 Å². The van der Waals surface area contributed by atoms with E-state index in [0.29, 0.717) is 6.04 Å². The number of aryl methyl sites for hydroxylation is 1. The lowest BCUT2D eigenvalue weighted by Gasteiger charge is -2.27. The zero-order valence-corrected chi connectivity index (χ0v) is 11.3. The number of hydrogen-bond acceptors (Lipinski definition) is 3. The van der Waals surface area contributed by atoms with Crippen molar-refractivity contribution in [3.05, 3.63) is 36.0 Å². The topological polar surface area (TPSA) is 28.2 Å². The van der Waals surface area contributed by atoms with E-state index < -0.39 is 0 Å². The van der Waals surface area contributed by atoms with Crippen molar-refractivity contribution in [3.8, 4) is 0 Å². The highest BCUT2D eigenvalue weighted by Crippen LogP contribution is 2.35. The summed E-state index contributed by atoms with van der Waals surface area (Å²) in [5.41, 5.74) is 3.61. The quantitative estimate of drug-likeness (QED) is 0.845. The summed E-state index contributed by atoms with van der Waals surface area (Å²) in [6, 6.07) is 11.4. The molecule has 0 aliphatic carbocycles. The van der Waals surface area contributed by atoms with E-state index in [4.69, 9.17) is 0 Å². The van der Waals surface area contributed by atoms with Gasteiger partial charge in [-0.2, -0.15) is 0 Å². The molecule has 98 valence electrons. The van der Waals surface area contributed by atoms with Crippen molar-refractivity contribution in [1.29, 1.82) is 0 Å². The van der Waals surface area contributed by atoms with Crippen molar-refractivity contribution in [2.24, 2.45) is 5.92 Å². The molecule has 3 heterocycles. The van der Waals surface area contributed by atoms with Crippen LogP contribution in [0, 0.1) is 12.8 Å². The minimum Gasteiger partial charge on any atom is -0.366 e. The van der Waals surface area contributed by atoms with E-state index in [2.05, 4.69) is 52.5 Å². The Morgan fingerprint density at radius 1 is 1.26 bits per heavy atom. The van der Waals surface area contributed by atoms with Crippen LogP contribution in [0.5, 0.6) is 0 Å². The Balaban J connectivity index is 1.86. The van der Waals surface area contributed by atoms with Crippen LogP contribution >= 0.6 is 0 Å². The molecule has 2 aliphatic rings. The Morgan fingerprint density at radius 3 is 3.11 bits per heavy atom. The van der Waals surface area contributed by atoms with E-state index in [9.17, 15) is 0 Å². The fraction of sp³-hybridized carbons (Fsp3) is 0.438. The molecule has 0 bridgehead atoms. The first kappa shape index (κ1) is 11.2. The van der Waals surface area contributed by atoms with E-state index in [1.54, 1.807) is 0 Å². The van der Waals surface area contributed by atoms with Crippen molar-refractivity contribution in [2.75, 3.05) is 24.5 Å². The summed E-state index contributed by atoms with van der Waals surface area (Å²) in [6.45, 7) is 5.59. The molecule has 1 aromatic heterocycles. The third-order valence-corrected chi connectivity index (χ3v) is 4.58. The smallest absolute Gasteiger partial charge is 0.0726 e. The summed E-state index contributed by atoms with van der Waals surface area (Å²) in [5, 5.41) is 4.82. The molecule has 2 atom stereocenters. The molecule has 3 nitrogen and oxygen atoms in total. The van der Waals surface area contributed by atoms with Gasteiger partial charge in [-0.25, -0.2) is 0 Å². The molecule has 2 saturated heterocycles. The Bertz CT molecular complexity index is 622. The average molecular weight is 253 g/mol. The lowest BCUT2D eigenvalue weighted by atomic mass is 10.0. The highest BCUT2D eigenvalue weighted by molar-refractivity contribution is 5.92. The van der Waals surface area contributed by atoms with E-state index in [1.807, 2.05) is 0 Å². The molecular weight excluding hydrogens is 234 g/mol. The largest absolute Gasteiger partial charge is 0.366 e. The number of nitrogens with zero attached hydrogens (tertiary/aromatic N) is 2. The van der Waals surface area contributed by atoms with Crippen molar-refractivity contribution in [3.63, 3.8) is 0 Å². The number of anilines is 1. The molecule has 0 amide bonds. The summed E-state index contributed by atoms with van der Waals surface area (Å²) in [7, 11) is 0. The van der Waals surface area contributed by atoms with Gasteiger partial charge >= 0.3 is 0 Å². The molecule has 2 aromatic rings. The number of para-hydroxylation sites is 1. The van der Waals surface area contributed by atoms with E-state index >= 15 is 0 Å². The van der Waals surface area contributed by atoms with Crippen LogP contribution in [0.3, 0.4) is 0 Å². The first-order chi connectivity index (χ1) is 9.33. The van der Waals surface area contributed by atoms with Crippen LogP contribution in [-0.4, -0.2) is 30.7 Å². The van der Waals surface area contributed by atoms with Crippen LogP contribution in [0.1, 0.15) is 12.1 Å². The molecule has 0 unspecified atom stereocenters. The van der Waals surface area contributed by atoms with Gasteiger partial charge in [-0.05, 0) is 31.4 Å². The molecule has 1 N–H and O–H groups in total. The van der Waals surface area contributed by atoms with Gasteiger partial charge < -0.3 is 10.2 Å². The van der Waals surface area contributed by atoms with Crippen LogP contribution in [0.25, 0.3) is 10.9 Å². The number of benzene rings is 1. The predicted molar refractivity (Wildman–Crippen MR) is 78.6 cm³/mol. The Kier molecular flexibility index (Phi) is 2.49. The van der Waals surface area contributed by atoms with Gasteiger partial charge in [-0.15, -0.1) is 0 Å². The lowest BCUT2D eigenvalue weighted by Crippen LogP contribution is -2.34. The van der Waals surface area contributed by atoms with Gasteiger partial charge in [0.1, 0.15) is 0 Å². The molecule has 2 aliphatic heterocycles. The zero-order chi connectivity index (χ0) is 12.8. The maximum atomic E-state index is 4.65. The molecule has 0 saturated carbocycles. The SMILES string of the molecule is Cc1cc(N2CC[C@H]3CNC[C@H]32)c2ccccc2n1. The number of hydrogen-bond donors (Lipinski definition) is 1. The minimum absolute atomic E-state index is 0.671. The first-order valence-corrected chi connectivity index (χ1v) is 7.17. The van der Waals surface area contributed by atoms with Crippen molar-refractivity contribution < 1.29 is 0 Å². The normalized spacial score (nSPS) is 26.1. The molecule has 4 rings (SSSR count). The second kappa shape index (κ2) is 4.20. The predicted octanol–water partition coefficient (Wildman–Crippen LogP) is 2.34. The summed E-state index contributed by atoms with van der Waals surface area (Å²) >= 11 is 0. The highest BCUT2D eigenvalue weighted by Gasteiger charge is 2.38. The molecule has 19 heavy (non-hydrogen) atoms. The maximum absolute atomic E-state index is 4.65. The van der Waals surface area contributed by atoms with Gasteiger partial charge in [0.15, 0.2) is 0 Å². The van der Waals surface area contributed by atoms with Crippen molar-refractivity contribution in [1.82, 2.24) is 10.3 Å². The van der Waals surface area contributed by atoms with Crippen LogP contribution in [0.15, 0.2) is 30.3 Å². The van der Waals surface area contributed by atoms with Gasteiger partial charge in [-0.1, -0.05) is 18.2 Å². The molecule has 0 radical (unpaired) electrons. The standard InChI is InChI=1S/C16H19N3/c1-11-8-15(13-4-2-3-5-14(13)18-11)19-7-6-12-9-17-10-16(12)19/h2-5,8,12,16-17H,6-7,9-10H2,1H3/t12-,16+/m0/s1. The number of fused-ring (bicyclic) bond motifs is 2. The Morgan fingerprint density at radius 2 is 2.16 bits per heavy atom. The van der Waals surface area contributed by atoms with Crippen LogP contribution in [-0.2, 0) is 0 Å². The molecular formula is C16H19N3. The third-order valence-electron chi connectivity index (χ3n) is 4.58. The zero-order valence-electron chi connectivity index (χ0n) is 11.3. The van der Waals surface area contributed by atoms with Crippen molar-refractivity contribution in [2.45, 2.75) is 19.4 Å². The first-order valence-electron chi connectivity index (χ1n) is 7.17. The van der Waals surface area contributed by atoms with Gasteiger partial charge in [0.2, 0.25) is 0 Å². The van der Waals surface area contributed by atoms with Gasteiger partial charge in [0.05, 0.1) is 5.52 Å². The van der Waals surface area contributed by atoms with E-state index in [1.165, 1.54) is 30.6 Å². The molecule has 1 aromatic carbocycles. The second-order valence-electron chi connectivity index (χ2n) is 5.77.